The number of hydrogen-bond donors (Lipinski definition) is 0. The fraction of sp³-hybridized carbons (Fsp3) is 0.400. The minimum Gasteiger partial charge on any atom is -0.496 e. The Hall–Kier alpha value is -1.29. The highest BCUT2D eigenvalue weighted by atomic mass is 79.9. The second-order valence-corrected chi connectivity index (χ2v) is 5.61. The molecule has 0 saturated carbocycles. The molecule has 1 aliphatic heterocycles. The zero-order valence-corrected chi connectivity index (χ0v) is 12.6. The first kappa shape index (κ1) is 14.1. The van der Waals surface area contributed by atoms with Gasteiger partial charge in [-0.3, -0.25) is 4.79 Å². The molecule has 2 rings (SSSR count). The molecule has 0 radical (unpaired) electrons. The Bertz CT molecular complexity index is 487. The highest BCUT2D eigenvalue weighted by Crippen LogP contribution is 2.26. The number of carbonyl (C=O) groups is 1. The number of hydrogen-bond acceptors (Lipinski definition) is 2. The molecule has 1 amide bonds. The van der Waals surface area contributed by atoms with Crippen molar-refractivity contribution in [3.05, 3.63) is 40.9 Å². The number of rotatable bonds is 5. The van der Waals surface area contributed by atoms with Gasteiger partial charge in [0.05, 0.1) is 11.6 Å². The first-order valence-electron chi connectivity index (χ1n) is 6.36. The van der Waals surface area contributed by atoms with E-state index in [2.05, 4.69) is 22.5 Å². The van der Waals surface area contributed by atoms with Crippen LogP contribution in [0.2, 0.25) is 0 Å². The molecule has 0 bridgehead atoms. The zero-order valence-electron chi connectivity index (χ0n) is 11.1. The maximum atomic E-state index is 11.8. The molecule has 0 aliphatic carbocycles. The maximum absolute atomic E-state index is 11.8. The predicted molar refractivity (Wildman–Crippen MR) is 79.3 cm³/mol. The number of nitrogens with zero attached hydrogens (tertiary/aromatic N) is 1. The van der Waals surface area contributed by atoms with E-state index in [9.17, 15) is 4.79 Å². The van der Waals surface area contributed by atoms with Crippen molar-refractivity contribution in [2.75, 3.05) is 20.2 Å². The molecule has 1 aliphatic rings. The van der Waals surface area contributed by atoms with E-state index >= 15 is 0 Å². The van der Waals surface area contributed by atoms with E-state index < -0.39 is 0 Å². The lowest BCUT2D eigenvalue weighted by Crippen LogP contribution is -2.27. The van der Waals surface area contributed by atoms with Crippen LogP contribution in [-0.2, 0) is 11.2 Å². The number of methoxy groups -OCH3 is 1. The maximum Gasteiger partial charge on any atom is 0.223 e. The molecule has 102 valence electrons. The van der Waals surface area contributed by atoms with Crippen molar-refractivity contribution in [2.45, 2.75) is 12.8 Å². The van der Waals surface area contributed by atoms with Gasteiger partial charge in [-0.05, 0) is 40.0 Å². The fourth-order valence-electron chi connectivity index (χ4n) is 2.31. The number of amides is 1. The smallest absolute Gasteiger partial charge is 0.223 e. The molecule has 1 fully saturated rings. The Morgan fingerprint density at radius 1 is 1.58 bits per heavy atom. The molecule has 1 aromatic rings. The first-order valence-corrected chi connectivity index (χ1v) is 7.16. The van der Waals surface area contributed by atoms with Gasteiger partial charge < -0.3 is 9.64 Å². The van der Waals surface area contributed by atoms with Crippen molar-refractivity contribution < 1.29 is 9.53 Å². The summed E-state index contributed by atoms with van der Waals surface area (Å²) in [6.45, 7) is 5.33. The Morgan fingerprint density at radius 3 is 2.95 bits per heavy atom. The SMILES string of the molecule is C=CC1CC(=O)N(CCc2ccc(OC)c(Br)c2)C1. The van der Waals surface area contributed by atoms with Gasteiger partial charge in [0.15, 0.2) is 0 Å². The number of benzene rings is 1. The summed E-state index contributed by atoms with van der Waals surface area (Å²) in [5, 5.41) is 0. The Kier molecular flexibility index (Phi) is 4.64. The molecular weight excluding hydrogens is 306 g/mol. The lowest BCUT2D eigenvalue weighted by Gasteiger charge is -2.16. The Labute approximate surface area is 122 Å². The van der Waals surface area contributed by atoms with Gasteiger partial charge in [0.1, 0.15) is 5.75 Å². The van der Waals surface area contributed by atoms with Gasteiger partial charge in [-0.15, -0.1) is 6.58 Å². The monoisotopic (exact) mass is 323 g/mol. The molecule has 1 aromatic carbocycles. The number of ether oxygens (including phenoxy) is 1. The Balaban J connectivity index is 1.94. The molecule has 0 aromatic heterocycles. The summed E-state index contributed by atoms with van der Waals surface area (Å²) >= 11 is 3.47. The molecule has 19 heavy (non-hydrogen) atoms. The molecule has 1 atom stereocenters. The van der Waals surface area contributed by atoms with E-state index in [-0.39, 0.29) is 5.91 Å². The molecular formula is C15H18BrNO2. The zero-order chi connectivity index (χ0) is 13.8. The normalized spacial score (nSPS) is 18.7. The highest BCUT2D eigenvalue weighted by molar-refractivity contribution is 9.10. The number of halogens is 1. The van der Waals surface area contributed by atoms with E-state index in [1.54, 1.807) is 7.11 Å². The van der Waals surface area contributed by atoms with Crippen LogP contribution in [0.4, 0.5) is 0 Å². The lowest BCUT2D eigenvalue weighted by atomic mass is 10.1. The van der Waals surface area contributed by atoms with E-state index in [0.717, 1.165) is 29.7 Å². The third-order valence-electron chi connectivity index (χ3n) is 3.46. The molecule has 1 saturated heterocycles. The van der Waals surface area contributed by atoms with Crippen molar-refractivity contribution >= 4 is 21.8 Å². The summed E-state index contributed by atoms with van der Waals surface area (Å²) in [6.07, 6.45) is 3.34. The number of likely N-dealkylation sites (tertiary alicyclic amines) is 1. The summed E-state index contributed by atoms with van der Waals surface area (Å²) in [5.41, 5.74) is 1.20. The van der Waals surface area contributed by atoms with Crippen LogP contribution in [0.25, 0.3) is 0 Å². The fourth-order valence-corrected chi connectivity index (χ4v) is 2.89. The summed E-state index contributed by atoms with van der Waals surface area (Å²) in [4.78, 5) is 13.7. The number of carbonyl (C=O) groups excluding carboxylic acids is 1. The topological polar surface area (TPSA) is 29.5 Å². The van der Waals surface area contributed by atoms with Gasteiger partial charge >= 0.3 is 0 Å². The van der Waals surface area contributed by atoms with Gasteiger partial charge in [0.2, 0.25) is 5.91 Å². The van der Waals surface area contributed by atoms with Crippen LogP contribution in [0.15, 0.2) is 35.3 Å². The van der Waals surface area contributed by atoms with Gasteiger partial charge in [-0.2, -0.15) is 0 Å². The van der Waals surface area contributed by atoms with Crippen LogP contribution in [-0.4, -0.2) is 31.0 Å². The van der Waals surface area contributed by atoms with Crippen LogP contribution in [0.5, 0.6) is 5.75 Å². The van der Waals surface area contributed by atoms with Crippen molar-refractivity contribution in [1.29, 1.82) is 0 Å². The van der Waals surface area contributed by atoms with Gasteiger partial charge in [-0.25, -0.2) is 0 Å². The van der Waals surface area contributed by atoms with E-state index in [1.807, 2.05) is 29.2 Å². The average Bonchev–Trinajstić information content (AvgIpc) is 2.77. The minimum absolute atomic E-state index is 0.234. The van der Waals surface area contributed by atoms with Crippen molar-refractivity contribution in [1.82, 2.24) is 4.90 Å². The predicted octanol–water partition coefficient (Wildman–Crippen LogP) is 3.03. The largest absolute Gasteiger partial charge is 0.496 e. The molecule has 0 spiro atoms. The van der Waals surface area contributed by atoms with Crippen LogP contribution in [0.1, 0.15) is 12.0 Å². The third-order valence-corrected chi connectivity index (χ3v) is 4.08. The quantitative estimate of drug-likeness (QED) is 0.779. The molecule has 4 heteroatoms. The van der Waals surface area contributed by atoms with Gasteiger partial charge in [0, 0.05) is 25.4 Å². The van der Waals surface area contributed by atoms with E-state index in [4.69, 9.17) is 4.74 Å². The van der Waals surface area contributed by atoms with Crippen LogP contribution in [0, 0.1) is 5.92 Å². The lowest BCUT2D eigenvalue weighted by molar-refractivity contribution is -0.127. The highest BCUT2D eigenvalue weighted by Gasteiger charge is 2.26. The summed E-state index contributed by atoms with van der Waals surface area (Å²) in [6, 6.07) is 6.03. The van der Waals surface area contributed by atoms with Crippen molar-refractivity contribution in [3.8, 4) is 5.75 Å². The van der Waals surface area contributed by atoms with Gasteiger partial charge in [-0.1, -0.05) is 12.1 Å². The van der Waals surface area contributed by atoms with Crippen molar-refractivity contribution in [3.63, 3.8) is 0 Å². The van der Waals surface area contributed by atoms with Crippen LogP contribution < -0.4 is 4.74 Å². The summed E-state index contributed by atoms with van der Waals surface area (Å²) in [5.74, 6) is 1.38. The second-order valence-electron chi connectivity index (χ2n) is 4.76. The summed E-state index contributed by atoms with van der Waals surface area (Å²) in [7, 11) is 1.65. The van der Waals surface area contributed by atoms with Gasteiger partial charge in [0.25, 0.3) is 0 Å². The van der Waals surface area contributed by atoms with E-state index in [0.29, 0.717) is 12.3 Å². The third kappa shape index (κ3) is 3.38. The first-order chi connectivity index (χ1) is 9.13. The van der Waals surface area contributed by atoms with Crippen molar-refractivity contribution in [2.24, 2.45) is 5.92 Å². The molecule has 3 nitrogen and oxygen atoms in total. The standard InChI is InChI=1S/C15H18BrNO2/c1-3-11-9-15(18)17(10-11)7-6-12-4-5-14(19-2)13(16)8-12/h3-5,8,11H,1,6-7,9-10H2,2H3. The van der Waals surface area contributed by atoms with Crippen LogP contribution >= 0.6 is 15.9 Å². The average molecular weight is 324 g/mol. The minimum atomic E-state index is 0.234. The Morgan fingerprint density at radius 2 is 2.37 bits per heavy atom. The molecule has 1 unspecified atom stereocenters. The van der Waals surface area contributed by atoms with E-state index in [1.165, 1.54) is 5.56 Å². The van der Waals surface area contributed by atoms with Crippen LogP contribution in [0.3, 0.4) is 0 Å². The molecule has 1 heterocycles. The molecule has 0 N–H and O–H groups in total. The second kappa shape index (κ2) is 6.24. The summed E-state index contributed by atoms with van der Waals surface area (Å²) < 4.78 is 6.15.